The molecule has 14 heavy (non-hydrogen) atoms. The van der Waals surface area contributed by atoms with Gasteiger partial charge in [0.05, 0.1) is 20.1 Å². The van der Waals surface area contributed by atoms with E-state index in [-0.39, 0.29) is 10.5 Å². The van der Waals surface area contributed by atoms with Crippen molar-refractivity contribution in [1.82, 2.24) is 0 Å². The molecule has 0 rings (SSSR count). The van der Waals surface area contributed by atoms with Gasteiger partial charge in [0, 0.05) is 6.92 Å². The van der Waals surface area contributed by atoms with Crippen LogP contribution in [0.2, 0.25) is 0 Å². The number of quaternary nitrogens is 1. The van der Waals surface area contributed by atoms with Crippen molar-refractivity contribution < 1.29 is 24.3 Å². The lowest BCUT2D eigenvalue weighted by molar-refractivity contribution is -0.942. The number of carbonyl (C=O) groups excluding carboxylic acids is 1. The van der Waals surface area contributed by atoms with Gasteiger partial charge in [-0.3, -0.25) is 0 Å². The lowest BCUT2D eigenvalue weighted by Gasteiger charge is -2.46. The van der Waals surface area contributed by atoms with Crippen molar-refractivity contribution in [3.8, 4) is 0 Å². The van der Waals surface area contributed by atoms with Gasteiger partial charge in [-0.15, -0.1) is 0 Å². The van der Waals surface area contributed by atoms with Gasteiger partial charge in [-0.2, -0.15) is 0 Å². The quantitative estimate of drug-likeness (QED) is 0.472. The third-order valence-electron chi connectivity index (χ3n) is 3.26. The summed E-state index contributed by atoms with van der Waals surface area (Å²) in [6, 6.07) is -0.131. The summed E-state index contributed by atoms with van der Waals surface area (Å²) in [4.78, 5) is 21.9. The molecular formula is C9H17NO4. The molecule has 0 bridgehead atoms. The number of hydrogen-bond acceptors (Lipinski definition) is 3. The second-order valence-electron chi connectivity index (χ2n) is 4.30. The fourth-order valence-electron chi connectivity index (χ4n) is 1.09. The van der Waals surface area contributed by atoms with E-state index in [1.165, 1.54) is 6.92 Å². The Morgan fingerprint density at radius 3 is 1.79 bits per heavy atom. The monoisotopic (exact) mass is 203 g/mol. The molecule has 0 saturated heterocycles. The highest BCUT2D eigenvalue weighted by atomic mass is 16.4. The molecule has 0 aliphatic carbocycles. The minimum Gasteiger partial charge on any atom is -0.543 e. The fraction of sp³-hybridized carbons (Fsp3) is 0.778. The van der Waals surface area contributed by atoms with Gasteiger partial charge in [0.25, 0.3) is 0 Å². The average molecular weight is 203 g/mol. The lowest BCUT2D eigenvalue weighted by Crippen LogP contribution is -2.72. The van der Waals surface area contributed by atoms with Crippen LogP contribution in [0.15, 0.2) is 0 Å². The van der Waals surface area contributed by atoms with Crippen molar-refractivity contribution in [3.63, 3.8) is 0 Å². The third-order valence-corrected chi connectivity index (χ3v) is 3.26. The summed E-state index contributed by atoms with van der Waals surface area (Å²) < 4.78 is -0.162. The predicted molar refractivity (Wildman–Crippen MR) is 48.3 cm³/mol. The number of carboxylic acids is 2. The summed E-state index contributed by atoms with van der Waals surface area (Å²) in [6.07, 6.45) is 0. The molecule has 0 fully saturated rings. The van der Waals surface area contributed by atoms with Gasteiger partial charge in [0.1, 0.15) is 5.97 Å². The van der Waals surface area contributed by atoms with Crippen molar-refractivity contribution in [2.45, 2.75) is 32.4 Å². The number of nitrogens with zero attached hydrogens (tertiary/aromatic N) is 1. The normalized spacial score (nSPS) is 16.4. The summed E-state index contributed by atoms with van der Waals surface area (Å²) in [5, 5.41) is 19.9. The molecule has 0 saturated carbocycles. The molecule has 1 unspecified atom stereocenters. The van der Waals surface area contributed by atoms with E-state index >= 15 is 0 Å². The van der Waals surface area contributed by atoms with Gasteiger partial charge in [-0.25, -0.2) is 4.79 Å². The highest BCUT2D eigenvalue weighted by molar-refractivity contribution is 6.00. The zero-order valence-electron chi connectivity index (χ0n) is 9.20. The molecule has 5 heteroatoms. The summed E-state index contributed by atoms with van der Waals surface area (Å²) in [5.74, 6) is -2.94. The Morgan fingerprint density at radius 2 is 1.71 bits per heavy atom. The number of carbonyl (C=O) groups is 2. The van der Waals surface area contributed by atoms with Gasteiger partial charge in [-0.1, -0.05) is 0 Å². The Hall–Kier alpha value is -1.10. The molecule has 1 N–H and O–H groups in total. The van der Waals surface area contributed by atoms with E-state index in [4.69, 9.17) is 5.11 Å². The molecule has 0 aromatic carbocycles. The standard InChI is InChI=1S/C9H17NO4/c1-6(2)10(4,5)9(3,7(11)12)8(13)14/h6H,1-5H3,(H-,11,12,13,14). The predicted octanol–water partition coefficient (Wildman–Crippen LogP) is -0.936. The molecular weight excluding hydrogens is 186 g/mol. The first-order valence-electron chi connectivity index (χ1n) is 4.37. The molecule has 0 heterocycles. The van der Waals surface area contributed by atoms with Crippen LogP contribution in [0.4, 0.5) is 0 Å². The number of hydrogen-bond donors (Lipinski definition) is 1. The van der Waals surface area contributed by atoms with Crippen molar-refractivity contribution >= 4 is 11.9 Å². The molecule has 0 aliphatic heterocycles. The first kappa shape index (κ1) is 12.9. The minimum atomic E-state index is -1.92. The maximum Gasteiger partial charge on any atom is 0.371 e. The molecule has 0 radical (unpaired) electrons. The van der Waals surface area contributed by atoms with Crippen LogP contribution < -0.4 is 5.11 Å². The van der Waals surface area contributed by atoms with Crippen molar-refractivity contribution in [1.29, 1.82) is 0 Å². The highest BCUT2D eigenvalue weighted by Gasteiger charge is 2.51. The second-order valence-corrected chi connectivity index (χ2v) is 4.30. The third kappa shape index (κ3) is 1.59. The number of rotatable bonds is 4. The first-order valence-corrected chi connectivity index (χ1v) is 4.37. The Kier molecular flexibility index (Phi) is 3.29. The molecule has 82 valence electrons. The van der Waals surface area contributed by atoms with Gasteiger partial charge >= 0.3 is 5.97 Å². The zero-order valence-corrected chi connectivity index (χ0v) is 9.20. The second kappa shape index (κ2) is 3.57. The molecule has 0 aliphatic rings. The largest absolute Gasteiger partial charge is 0.543 e. The van der Waals surface area contributed by atoms with Gasteiger partial charge in [0.15, 0.2) is 0 Å². The SMILES string of the molecule is CC(C)[N+](C)(C)C(C)(C(=O)[O-])C(=O)O. The van der Waals surface area contributed by atoms with Crippen molar-refractivity contribution in [2.24, 2.45) is 0 Å². The average Bonchev–Trinajstić information content (AvgIpc) is 2.01. The topological polar surface area (TPSA) is 77.4 Å². The van der Waals surface area contributed by atoms with E-state index in [1.807, 2.05) is 0 Å². The van der Waals surface area contributed by atoms with E-state index in [1.54, 1.807) is 27.9 Å². The Morgan fingerprint density at radius 1 is 1.36 bits per heavy atom. The molecule has 5 nitrogen and oxygen atoms in total. The minimum absolute atomic E-state index is 0.131. The van der Waals surface area contributed by atoms with Crippen molar-refractivity contribution in [3.05, 3.63) is 0 Å². The van der Waals surface area contributed by atoms with E-state index in [2.05, 4.69) is 0 Å². The van der Waals surface area contributed by atoms with Crippen LogP contribution in [0.25, 0.3) is 0 Å². The summed E-state index contributed by atoms with van der Waals surface area (Å²) in [7, 11) is 3.13. The summed E-state index contributed by atoms with van der Waals surface area (Å²) >= 11 is 0. The molecule has 0 spiro atoms. The maximum absolute atomic E-state index is 11.0. The van der Waals surface area contributed by atoms with Crippen LogP contribution >= 0.6 is 0 Å². The van der Waals surface area contributed by atoms with Crippen molar-refractivity contribution in [2.75, 3.05) is 14.1 Å². The lowest BCUT2D eigenvalue weighted by atomic mass is 9.96. The van der Waals surface area contributed by atoms with Crippen LogP contribution in [0.5, 0.6) is 0 Å². The highest BCUT2D eigenvalue weighted by Crippen LogP contribution is 2.24. The number of aliphatic carboxylic acids is 2. The van der Waals surface area contributed by atoms with Crippen LogP contribution in [-0.4, -0.2) is 47.2 Å². The Labute approximate surface area is 83.5 Å². The zero-order chi connectivity index (χ0) is 11.7. The summed E-state index contributed by atoms with van der Waals surface area (Å²) in [5.41, 5.74) is -1.92. The molecule has 1 atom stereocenters. The van der Waals surface area contributed by atoms with Gasteiger partial charge in [-0.05, 0) is 13.8 Å². The number of carboxylic acid groups (broad SMARTS) is 2. The maximum atomic E-state index is 11.0. The fourth-order valence-corrected chi connectivity index (χ4v) is 1.09. The Balaban J connectivity index is 5.44. The van der Waals surface area contributed by atoms with E-state index in [9.17, 15) is 14.7 Å². The molecule has 0 amide bonds. The van der Waals surface area contributed by atoms with Gasteiger partial charge < -0.3 is 19.5 Å². The van der Waals surface area contributed by atoms with E-state index < -0.39 is 17.5 Å². The van der Waals surface area contributed by atoms with Gasteiger partial charge in [0.2, 0.25) is 5.54 Å². The molecule has 0 aromatic rings. The first-order chi connectivity index (χ1) is 6.08. The van der Waals surface area contributed by atoms with E-state index in [0.29, 0.717) is 0 Å². The van der Waals surface area contributed by atoms with E-state index in [0.717, 1.165) is 0 Å². The van der Waals surface area contributed by atoms with Crippen LogP contribution in [0.1, 0.15) is 20.8 Å². The van der Waals surface area contributed by atoms with Crippen LogP contribution in [0.3, 0.4) is 0 Å². The summed E-state index contributed by atoms with van der Waals surface area (Å²) in [6.45, 7) is 4.71. The van der Waals surface area contributed by atoms with Crippen LogP contribution in [0, 0.1) is 0 Å². The Bertz CT molecular complexity index is 244. The molecule has 0 aromatic heterocycles. The van der Waals surface area contributed by atoms with Crippen LogP contribution in [-0.2, 0) is 9.59 Å². The smallest absolute Gasteiger partial charge is 0.371 e. The number of likely N-dealkylation sites (N-methyl/N-ethyl adjacent to an activating group) is 1.